The SMILES string of the molecule is O=C(Nc1cc(C(F)(F)F)ccc1N1CCOCC1)c1ccc(NC(=O)c2cccs2)cc1. The van der Waals surface area contributed by atoms with Crippen LogP contribution >= 0.6 is 11.3 Å². The highest BCUT2D eigenvalue weighted by Crippen LogP contribution is 2.36. The Labute approximate surface area is 192 Å². The number of nitrogens with zero attached hydrogens (tertiary/aromatic N) is 1. The van der Waals surface area contributed by atoms with Gasteiger partial charge in [-0.05, 0) is 53.9 Å². The van der Waals surface area contributed by atoms with E-state index in [9.17, 15) is 22.8 Å². The molecule has 2 amide bonds. The Morgan fingerprint density at radius 1 is 0.939 bits per heavy atom. The zero-order valence-corrected chi connectivity index (χ0v) is 18.1. The van der Waals surface area contributed by atoms with Crippen LogP contribution in [0.1, 0.15) is 25.6 Å². The molecule has 0 aliphatic carbocycles. The van der Waals surface area contributed by atoms with Gasteiger partial charge in [0.1, 0.15) is 0 Å². The number of morpholine rings is 1. The maximum absolute atomic E-state index is 13.3. The maximum atomic E-state index is 13.3. The number of nitrogens with one attached hydrogen (secondary N) is 2. The first-order valence-corrected chi connectivity index (χ1v) is 11.0. The lowest BCUT2D eigenvalue weighted by Gasteiger charge is -2.31. The molecule has 10 heteroatoms. The second-order valence-electron chi connectivity index (χ2n) is 7.29. The lowest BCUT2D eigenvalue weighted by molar-refractivity contribution is -0.137. The second-order valence-corrected chi connectivity index (χ2v) is 8.24. The number of hydrogen-bond donors (Lipinski definition) is 2. The smallest absolute Gasteiger partial charge is 0.378 e. The van der Waals surface area contributed by atoms with Crippen molar-refractivity contribution in [1.82, 2.24) is 0 Å². The first-order valence-electron chi connectivity index (χ1n) is 10.1. The first kappa shape index (κ1) is 22.8. The van der Waals surface area contributed by atoms with Gasteiger partial charge in [0.15, 0.2) is 0 Å². The van der Waals surface area contributed by atoms with Crippen molar-refractivity contribution in [2.75, 3.05) is 41.8 Å². The lowest BCUT2D eigenvalue weighted by atomic mass is 10.1. The van der Waals surface area contributed by atoms with E-state index in [1.54, 1.807) is 29.6 Å². The highest BCUT2D eigenvalue weighted by atomic mass is 32.1. The summed E-state index contributed by atoms with van der Waals surface area (Å²) in [7, 11) is 0. The molecular weight excluding hydrogens is 455 g/mol. The molecule has 1 aliphatic rings. The van der Waals surface area contributed by atoms with Crippen molar-refractivity contribution in [3.8, 4) is 0 Å². The maximum Gasteiger partial charge on any atom is 0.416 e. The number of amides is 2. The first-order chi connectivity index (χ1) is 15.8. The second kappa shape index (κ2) is 9.63. The van der Waals surface area contributed by atoms with Crippen molar-refractivity contribution in [3.63, 3.8) is 0 Å². The van der Waals surface area contributed by atoms with Gasteiger partial charge in [-0.2, -0.15) is 13.2 Å². The van der Waals surface area contributed by atoms with E-state index in [0.29, 0.717) is 42.6 Å². The standard InChI is InChI=1S/C23H20F3N3O3S/c24-23(25,26)16-5-8-19(29-9-11-32-12-10-29)18(14-16)28-21(30)15-3-6-17(7-4-15)27-22(31)20-2-1-13-33-20/h1-8,13-14H,9-12H2,(H,27,31)(H,28,30). The van der Waals surface area contributed by atoms with E-state index >= 15 is 0 Å². The predicted molar refractivity (Wildman–Crippen MR) is 121 cm³/mol. The summed E-state index contributed by atoms with van der Waals surface area (Å²) in [5.41, 5.74) is 0.472. The molecule has 33 heavy (non-hydrogen) atoms. The molecule has 1 saturated heterocycles. The Kier molecular flexibility index (Phi) is 6.66. The Hall–Kier alpha value is -3.37. The Morgan fingerprint density at radius 3 is 2.30 bits per heavy atom. The van der Waals surface area contributed by atoms with Crippen LogP contribution in [0.4, 0.5) is 30.2 Å². The van der Waals surface area contributed by atoms with Gasteiger partial charge in [-0.1, -0.05) is 6.07 Å². The van der Waals surface area contributed by atoms with Crippen molar-refractivity contribution in [2.24, 2.45) is 0 Å². The Balaban J connectivity index is 1.52. The van der Waals surface area contributed by atoms with Gasteiger partial charge in [-0.15, -0.1) is 11.3 Å². The van der Waals surface area contributed by atoms with Gasteiger partial charge in [-0.3, -0.25) is 9.59 Å². The third-order valence-electron chi connectivity index (χ3n) is 5.07. The highest BCUT2D eigenvalue weighted by molar-refractivity contribution is 7.12. The molecule has 1 fully saturated rings. The molecule has 3 aromatic rings. The van der Waals surface area contributed by atoms with E-state index in [2.05, 4.69) is 10.6 Å². The van der Waals surface area contributed by atoms with E-state index < -0.39 is 17.6 Å². The van der Waals surface area contributed by atoms with Crippen LogP contribution in [-0.2, 0) is 10.9 Å². The minimum Gasteiger partial charge on any atom is -0.378 e. The van der Waals surface area contributed by atoms with Gasteiger partial charge < -0.3 is 20.3 Å². The van der Waals surface area contributed by atoms with Crippen molar-refractivity contribution in [3.05, 3.63) is 76.0 Å². The van der Waals surface area contributed by atoms with E-state index in [1.165, 1.54) is 29.5 Å². The van der Waals surface area contributed by atoms with Gasteiger partial charge in [0.05, 0.1) is 35.0 Å². The Bertz CT molecular complexity index is 1130. The molecule has 0 saturated carbocycles. The Morgan fingerprint density at radius 2 is 1.67 bits per heavy atom. The molecule has 0 bridgehead atoms. The summed E-state index contributed by atoms with van der Waals surface area (Å²) in [4.78, 5) is 27.4. The monoisotopic (exact) mass is 475 g/mol. The normalized spacial score (nSPS) is 14.1. The molecule has 0 atom stereocenters. The van der Waals surface area contributed by atoms with Crippen LogP contribution in [0.5, 0.6) is 0 Å². The van der Waals surface area contributed by atoms with Gasteiger partial charge in [0.25, 0.3) is 11.8 Å². The summed E-state index contributed by atoms with van der Waals surface area (Å²) < 4.78 is 45.1. The van der Waals surface area contributed by atoms with Crippen LogP contribution in [0.25, 0.3) is 0 Å². The largest absolute Gasteiger partial charge is 0.416 e. The van der Waals surface area contributed by atoms with Crippen molar-refractivity contribution >= 4 is 40.2 Å². The third kappa shape index (κ3) is 5.52. The van der Waals surface area contributed by atoms with E-state index in [-0.39, 0.29) is 17.2 Å². The van der Waals surface area contributed by atoms with Crippen LogP contribution in [0, 0.1) is 0 Å². The van der Waals surface area contributed by atoms with E-state index in [4.69, 9.17) is 4.74 Å². The summed E-state index contributed by atoms with van der Waals surface area (Å²) in [5.74, 6) is -0.818. The minimum absolute atomic E-state index is 0.0757. The molecular formula is C23H20F3N3O3S. The number of thiophene rings is 1. The fourth-order valence-electron chi connectivity index (χ4n) is 3.39. The average Bonchev–Trinajstić information content (AvgIpc) is 3.35. The van der Waals surface area contributed by atoms with Crippen LogP contribution in [0.15, 0.2) is 60.0 Å². The molecule has 2 N–H and O–H groups in total. The average molecular weight is 475 g/mol. The topological polar surface area (TPSA) is 70.7 Å². The molecule has 2 aromatic carbocycles. The van der Waals surface area contributed by atoms with Crippen LogP contribution < -0.4 is 15.5 Å². The van der Waals surface area contributed by atoms with E-state index in [0.717, 1.165) is 12.1 Å². The minimum atomic E-state index is -4.54. The molecule has 6 nitrogen and oxygen atoms in total. The molecule has 4 rings (SSSR count). The summed E-state index contributed by atoms with van der Waals surface area (Å²) in [6.45, 7) is 1.92. The molecule has 0 spiro atoms. The number of carbonyl (C=O) groups excluding carboxylic acids is 2. The summed E-state index contributed by atoms with van der Waals surface area (Å²) >= 11 is 1.31. The number of benzene rings is 2. The van der Waals surface area contributed by atoms with Crippen molar-refractivity contribution < 1.29 is 27.5 Å². The molecule has 2 heterocycles. The van der Waals surface area contributed by atoms with Gasteiger partial charge in [0.2, 0.25) is 0 Å². The van der Waals surface area contributed by atoms with Crippen molar-refractivity contribution in [2.45, 2.75) is 6.18 Å². The zero-order chi connectivity index (χ0) is 23.4. The molecule has 0 unspecified atom stereocenters. The van der Waals surface area contributed by atoms with Crippen LogP contribution in [-0.4, -0.2) is 38.1 Å². The van der Waals surface area contributed by atoms with Crippen LogP contribution in [0.3, 0.4) is 0 Å². The number of alkyl halides is 3. The number of hydrogen-bond acceptors (Lipinski definition) is 5. The van der Waals surface area contributed by atoms with E-state index in [1.807, 2.05) is 4.90 Å². The summed E-state index contributed by atoms with van der Waals surface area (Å²) in [6, 6.07) is 12.9. The number of rotatable bonds is 5. The molecule has 1 aromatic heterocycles. The third-order valence-corrected chi connectivity index (χ3v) is 5.94. The number of ether oxygens (including phenoxy) is 1. The number of anilines is 3. The molecule has 172 valence electrons. The van der Waals surface area contributed by atoms with Gasteiger partial charge >= 0.3 is 6.18 Å². The fraction of sp³-hybridized carbons (Fsp3) is 0.217. The molecule has 0 radical (unpaired) electrons. The quantitative estimate of drug-likeness (QED) is 0.538. The summed E-state index contributed by atoms with van der Waals surface area (Å²) in [6.07, 6.45) is -4.54. The predicted octanol–water partition coefficient (Wildman–Crippen LogP) is 5.11. The zero-order valence-electron chi connectivity index (χ0n) is 17.3. The summed E-state index contributed by atoms with van der Waals surface area (Å²) in [5, 5.41) is 7.14. The fourth-order valence-corrected chi connectivity index (χ4v) is 4.01. The van der Waals surface area contributed by atoms with Gasteiger partial charge in [0, 0.05) is 24.3 Å². The molecule has 1 aliphatic heterocycles. The number of halogens is 3. The lowest BCUT2D eigenvalue weighted by Crippen LogP contribution is -2.36. The van der Waals surface area contributed by atoms with Crippen LogP contribution in [0.2, 0.25) is 0 Å². The van der Waals surface area contributed by atoms with Gasteiger partial charge in [-0.25, -0.2) is 0 Å². The highest BCUT2D eigenvalue weighted by Gasteiger charge is 2.32. The number of carbonyl (C=O) groups is 2. The van der Waals surface area contributed by atoms with Crippen molar-refractivity contribution in [1.29, 1.82) is 0 Å².